The summed E-state index contributed by atoms with van der Waals surface area (Å²) in [6, 6.07) is 7.44. The van der Waals surface area contributed by atoms with E-state index >= 15 is 0 Å². The van der Waals surface area contributed by atoms with Gasteiger partial charge in [0.25, 0.3) is 0 Å². The van der Waals surface area contributed by atoms with Crippen LogP contribution in [-0.2, 0) is 6.54 Å². The minimum absolute atomic E-state index is 0.251. The highest BCUT2D eigenvalue weighted by Gasteiger charge is 2.16. The summed E-state index contributed by atoms with van der Waals surface area (Å²) in [5.74, 6) is 1.43. The first-order valence-electron chi connectivity index (χ1n) is 7.09. The Labute approximate surface area is 123 Å². The van der Waals surface area contributed by atoms with Crippen LogP contribution in [0.15, 0.2) is 36.7 Å². The number of hydrogen-bond donors (Lipinski definition) is 2. The maximum absolute atomic E-state index is 10.2. The molecule has 112 valence electrons. The highest BCUT2D eigenvalue weighted by molar-refractivity contribution is 5.45. The molecule has 1 atom stereocenters. The average molecular weight is 289 g/mol. The normalized spacial score (nSPS) is 14.3. The van der Waals surface area contributed by atoms with E-state index in [-0.39, 0.29) is 6.79 Å². The highest BCUT2D eigenvalue weighted by atomic mass is 16.7. The molecular weight excluding hydrogens is 270 g/mol. The van der Waals surface area contributed by atoms with Crippen molar-refractivity contribution in [3.8, 4) is 11.5 Å². The Morgan fingerprint density at radius 3 is 3.10 bits per heavy atom. The Bertz CT molecular complexity index is 572. The third kappa shape index (κ3) is 3.53. The van der Waals surface area contributed by atoms with Gasteiger partial charge < -0.3 is 19.9 Å². The quantitative estimate of drug-likeness (QED) is 0.753. The summed E-state index contributed by atoms with van der Waals surface area (Å²) in [6.07, 6.45) is 4.14. The number of aryl methyl sites for hydroxylation is 1. The van der Waals surface area contributed by atoms with Crippen molar-refractivity contribution >= 4 is 0 Å². The molecule has 0 saturated carbocycles. The second-order valence-electron chi connectivity index (χ2n) is 4.96. The second-order valence-corrected chi connectivity index (χ2v) is 4.96. The number of fused-ring (bicyclic) bond motifs is 1. The van der Waals surface area contributed by atoms with Crippen LogP contribution in [0.3, 0.4) is 0 Å². The molecular formula is C15H19N3O3. The molecule has 1 aromatic heterocycles. The van der Waals surface area contributed by atoms with E-state index < -0.39 is 6.10 Å². The Morgan fingerprint density at radius 2 is 2.24 bits per heavy atom. The van der Waals surface area contributed by atoms with E-state index in [1.54, 1.807) is 6.20 Å². The first-order chi connectivity index (χ1) is 10.3. The predicted octanol–water partition coefficient (Wildman–Crippen LogP) is 1.33. The van der Waals surface area contributed by atoms with Crippen LogP contribution in [0, 0.1) is 0 Å². The number of benzene rings is 1. The zero-order valence-electron chi connectivity index (χ0n) is 11.7. The van der Waals surface area contributed by atoms with Crippen molar-refractivity contribution in [3.05, 3.63) is 42.2 Å². The van der Waals surface area contributed by atoms with Crippen molar-refractivity contribution in [2.75, 3.05) is 19.9 Å². The summed E-state index contributed by atoms with van der Waals surface area (Å²) in [4.78, 5) is 0. The number of ether oxygens (including phenoxy) is 2. The lowest BCUT2D eigenvalue weighted by atomic mass is 10.1. The van der Waals surface area contributed by atoms with Crippen molar-refractivity contribution in [1.29, 1.82) is 0 Å². The smallest absolute Gasteiger partial charge is 0.231 e. The highest BCUT2D eigenvalue weighted by Crippen LogP contribution is 2.33. The van der Waals surface area contributed by atoms with Crippen molar-refractivity contribution in [2.24, 2.45) is 0 Å². The van der Waals surface area contributed by atoms with Crippen LogP contribution in [0.1, 0.15) is 18.1 Å². The number of nitrogens with one attached hydrogen (secondary N) is 1. The Hall–Kier alpha value is -2.05. The van der Waals surface area contributed by atoms with E-state index in [4.69, 9.17) is 9.47 Å². The molecule has 3 rings (SSSR count). The van der Waals surface area contributed by atoms with Gasteiger partial charge in [-0.05, 0) is 36.7 Å². The number of rotatable bonds is 7. The molecule has 6 nitrogen and oxygen atoms in total. The SMILES string of the molecule is OC(CNCCCn1cccn1)c1ccc2c(c1)OCO2. The fourth-order valence-electron chi connectivity index (χ4n) is 2.28. The molecule has 0 fully saturated rings. The van der Waals surface area contributed by atoms with Gasteiger partial charge in [-0.1, -0.05) is 6.07 Å². The van der Waals surface area contributed by atoms with E-state index in [9.17, 15) is 5.11 Å². The van der Waals surface area contributed by atoms with Crippen LogP contribution in [0.25, 0.3) is 0 Å². The van der Waals surface area contributed by atoms with E-state index in [1.807, 2.05) is 35.1 Å². The monoisotopic (exact) mass is 289 g/mol. The zero-order chi connectivity index (χ0) is 14.5. The summed E-state index contributed by atoms with van der Waals surface area (Å²) in [7, 11) is 0. The average Bonchev–Trinajstić information content (AvgIpc) is 3.17. The Balaban J connectivity index is 1.40. The second kappa shape index (κ2) is 6.60. The van der Waals surface area contributed by atoms with Crippen LogP contribution in [0.4, 0.5) is 0 Å². The molecule has 0 radical (unpaired) electrons. The molecule has 2 heterocycles. The first-order valence-corrected chi connectivity index (χ1v) is 7.09. The lowest BCUT2D eigenvalue weighted by molar-refractivity contribution is 0.170. The number of aliphatic hydroxyl groups excluding tert-OH is 1. The summed E-state index contributed by atoms with van der Waals surface area (Å²) >= 11 is 0. The molecule has 0 spiro atoms. The van der Waals surface area contributed by atoms with Crippen LogP contribution < -0.4 is 14.8 Å². The molecule has 1 aliphatic heterocycles. The third-order valence-electron chi connectivity index (χ3n) is 3.42. The van der Waals surface area contributed by atoms with Gasteiger partial charge in [-0.3, -0.25) is 4.68 Å². The summed E-state index contributed by atoms with van der Waals surface area (Å²) in [5.41, 5.74) is 0.832. The minimum atomic E-state index is -0.552. The van der Waals surface area contributed by atoms with E-state index in [1.165, 1.54) is 0 Å². The van der Waals surface area contributed by atoms with Gasteiger partial charge in [-0.15, -0.1) is 0 Å². The standard InChI is InChI=1S/C15H19N3O3/c19-13(10-16-5-1-7-18-8-2-6-17-18)12-3-4-14-15(9-12)21-11-20-14/h2-4,6,8-9,13,16,19H,1,5,7,10-11H2. The van der Waals surface area contributed by atoms with Crippen LogP contribution in [0.5, 0.6) is 11.5 Å². The fraction of sp³-hybridized carbons (Fsp3) is 0.400. The number of aromatic nitrogens is 2. The van der Waals surface area contributed by atoms with Gasteiger partial charge in [0.1, 0.15) is 0 Å². The third-order valence-corrected chi connectivity index (χ3v) is 3.42. The lowest BCUT2D eigenvalue weighted by Crippen LogP contribution is -2.23. The van der Waals surface area contributed by atoms with Crippen LogP contribution in [0.2, 0.25) is 0 Å². The van der Waals surface area contributed by atoms with Crippen molar-refractivity contribution in [3.63, 3.8) is 0 Å². The summed E-state index contributed by atoms with van der Waals surface area (Å²) in [5, 5.41) is 17.6. The summed E-state index contributed by atoms with van der Waals surface area (Å²) < 4.78 is 12.5. The molecule has 0 amide bonds. The maximum Gasteiger partial charge on any atom is 0.231 e. The topological polar surface area (TPSA) is 68.5 Å². The molecule has 0 saturated heterocycles. The Morgan fingerprint density at radius 1 is 1.33 bits per heavy atom. The van der Waals surface area contributed by atoms with Crippen LogP contribution >= 0.6 is 0 Å². The van der Waals surface area contributed by atoms with E-state index in [0.717, 1.165) is 30.8 Å². The maximum atomic E-state index is 10.2. The van der Waals surface area contributed by atoms with Gasteiger partial charge >= 0.3 is 0 Å². The van der Waals surface area contributed by atoms with Gasteiger partial charge in [0.15, 0.2) is 11.5 Å². The zero-order valence-corrected chi connectivity index (χ0v) is 11.7. The lowest BCUT2D eigenvalue weighted by Gasteiger charge is -2.12. The van der Waals surface area contributed by atoms with Crippen LogP contribution in [-0.4, -0.2) is 34.8 Å². The minimum Gasteiger partial charge on any atom is -0.454 e. The van der Waals surface area contributed by atoms with Gasteiger partial charge in [-0.25, -0.2) is 0 Å². The fourth-order valence-corrected chi connectivity index (χ4v) is 2.28. The number of nitrogens with zero attached hydrogens (tertiary/aromatic N) is 2. The molecule has 1 unspecified atom stereocenters. The van der Waals surface area contributed by atoms with Crippen molar-refractivity contribution in [1.82, 2.24) is 15.1 Å². The van der Waals surface area contributed by atoms with Gasteiger partial charge in [0, 0.05) is 25.5 Å². The molecule has 1 aliphatic rings. The van der Waals surface area contributed by atoms with Crippen molar-refractivity contribution in [2.45, 2.75) is 19.1 Å². The molecule has 1 aromatic carbocycles. The molecule has 0 bridgehead atoms. The van der Waals surface area contributed by atoms with E-state index in [0.29, 0.717) is 12.3 Å². The number of hydrogen-bond acceptors (Lipinski definition) is 5. The molecule has 21 heavy (non-hydrogen) atoms. The molecule has 2 aromatic rings. The molecule has 0 aliphatic carbocycles. The Kier molecular flexibility index (Phi) is 4.37. The van der Waals surface area contributed by atoms with Gasteiger partial charge in [0.05, 0.1) is 6.10 Å². The first kappa shape index (κ1) is 13.9. The summed E-state index contributed by atoms with van der Waals surface area (Å²) in [6.45, 7) is 2.47. The van der Waals surface area contributed by atoms with Gasteiger partial charge in [-0.2, -0.15) is 5.10 Å². The number of aliphatic hydroxyl groups is 1. The van der Waals surface area contributed by atoms with E-state index in [2.05, 4.69) is 10.4 Å². The van der Waals surface area contributed by atoms with Gasteiger partial charge in [0.2, 0.25) is 6.79 Å². The van der Waals surface area contributed by atoms with Crippen molar-refractivity contribution < 1.29 is 14.6 Å². The molecule has 6 heteroatoms. The molecule has 2 N–H and O–H groups in total. The largest absolute Gasteiger partial charge is 0.454 e. The predicted molar refractivity (Wildman–Crippen MR) is 77.2 cm³/mol.